The molecule has 2 heterocycles. The van der Waals surface area contributed by atoms with E-state index in [2.05, 4.69) is 46.5 Å². The Morgan fingerprint density at radius 3 is 1.98 bits per heavy atom. The highest BCUT2D eigenvalue weighted by Gasteiger charge is 2.10. The van der Waals surface area contributed by atoms with Gasteiger partial charge in [0.2, 0.25) is 17.8 Å². The molecule has 6 N–H and O–H groups in total. The maximum Gasteiger partial charge on any atom is 0.225 e. The molecule has 13 heteroatoms. The number of benzene rings is 2. The zero-order valence-electron chi connectivity index (χ0n) is 23.5. The molecule has 0 saturated carbocycles. The quantitative estimate of drug-likeness (QED) is 0.0663. The predicted molar refractivity (Wildman–Crippen MR) is 163 cm³/mol. The smallest absolute Gasteiger partial charge is 0.225 e. The Morgan fingerprint density at radius 2 is 1.41 bits per heavy atom. The molecule has 0 aliphatic carbocycles. The van der Waals surface area contributed by atoms with Gasteiger partial charge in [0.1, 0.15) is 18.2 Å². The lowest BCUT2D eigenvalue weighted by molar-refractivity contribution is -0.114. The Balaban J connectivity index is 1.28. The lowest BCUT2D eigenvalue weighted by Crippen LogP contribution is -2.17. The van der Waals surface area contributed by atoms with Crippen LogP contribution in [-0.4, -0.2) is 71.6 Å². The van der Waals surface area contributed by atoms with Crippen LogP contribution in [0.15, 0.2) is 36.4 Å². The molecule has 0 aliphatic rings. The fourth-order valence-corrected chi connectivity index (χ4v) is 4.15. The number of hydrogen-bond donors (Lipinski definition) is 6. The molecule has 41 heavy (non-hydrogen) atoms. The predicted octanol–water partition coefficient (Wildman–Crippen LogP) is 4.06. The van der Waals surface area contributed by atoms with E-state index in [0.29, 0.717) is 62.9 Å². The fraction of sp³-hybridized carbons (Fsp3) is 0.357. The molecular formula is C28H36N10O3. The lowest BCUT2D eigenvalue weighted by atomic mass is 10.1. The van der Waals surface area contributed by atoms with Crippen LogP contribution in [0.3, 0.4) is 0 Å². The van der Waals surface area contributed by atoms with Gasteiger partial charge in [0.25, 0.3) is 0 Å². The summed E-state index contributed by atoms with van der Waals surface area (Å²) >= 11 is 0. The van der Waals surface area contributed by atoms with E-state index in [4.69, 9.17) is 14.9 Å². The highest BCUT2D eigenvalue weighted by atomic mass is 16.5. The highest BCUT2D eigenvalue weighted by Crippen LogP contribution is 2.26. The molecule has 0 fully saturated rings. The standard InChI is InChI=1S/C28H36N10O3/c1-4-30-25-21-14-19(16-41-17-29)6-8-23(21)35-27(37-25)32-10-12-40-13-11-33-28-36-24-9-7-20(34-18(3)39)15-22(24)26(38-28)31-5-2/h6-9,14-15,17,29H,4-5,10-13,16H2,1-3H3,(H,34,39)(H2,30,32,35,37)(H2,31,33,36,38). The first-order valence-corrected chi connectivity index (χ1v) is 13.5. The summed E-state index contributed by atoms with van der Waals surface area (Å²) in [6, 6.07) is 11.4. The Morgan fingerprint density at radius 1 is 0.829 bits per heavy atom. The van der Waals surface area contributed by atoms with Gasteiger partial charge in [-0.05, 0) is 49.7 Å². The van der Waals surface area contributed by atoms with Gasteiger partial charge in [-0.1, -0.05) is 6.07 Å². The molecule has 13 nitrogen and oxygen atoms in total. The summed E-state index contributed by atoms with van der Waals surface area (Å²) in [4.78, 5) is 29.9. The number of carbonyl (C=O) groups is 1. The van der Waals surface area contributed by atoms with Crippen molar-refractivity contribution in [3.63, 3.8) is 0 Å². The van der Waals surface area contributed by atoms with Crippen molar-refractivity contribution < 1.29 is 14.3 Å². The number of aromatic nitrogens is 4. The first kappa shape index (κ1) is 29.2. The van der Waals surface area contributed by atoms with Gasteiger partial charge >= 0.3 is 0 Å². The van der Waals surface area contributed by atoms with E-state index >= 15 is 0 Å². The number of amides is 1. The zero-order chi connectivity index (χ0) is 29.0. The van der Waals surface area contributed by atoms with E-state index in [1.807, 2.05) is 50.2 Å². The minimum Gasteiger partial charge on any atom is -0.479 e. The third-order valence-electron chi connectivity index (χ3n) is 5.86. The van der Waals surface area contributed by atoms with Crippen LogP contribution in [0, 0.1) is 5.41 Å². The van der Waals surface area contributed by atoms with Crippen molar-refractivity contribution in [2.24, 2.45) is 0 Å². The minimum atomic E-state index is -0.132. The van der Waals surface area contributed by atoms with Crippen LogP contribution in [0.25, 0.3) is 21.8 Å². The van der Waals surface area contributed by atoms with Crippen molar-refractivity contribution in [2.45, 2.75) is 27.4 Å². The number of rotatable bonds is 16. The third-order valence-corrected chi connectivity index (χ3v) is 5.86. The van der Waals surface area contributed by atoms with Crippen molar-refractivity contribution >= 4 is 63.3 Å². The summed E-state index contributed by atoms with van der Waals surface area (Å²) in [5.74, 6) is 2.31. The molecule has 1 amide bonds. The summed E-state index contributed by atoms with van der Waals surface area (Å²) in [5, 5.41) is 24.6. The largest absolute Gasteiger partial charge is 0.479 e. The molecule has 0 saturated heterocycles. The van der Waals surface area contributed by atoms with Crippen molar-refractivity contribution in [1.29, 1.82) is 5.41 Å². The number of anilines is 5. The minimum absolute atomic E-state index is 0.132. The molecule has 2 aromatic heterocycles. The number of nitrogens with one attached hydrogen (secondary N) is 6. The van der Waals surface area contributed by atoms with Crippen molar-refractivity contribution in [2.75, 3.05) is 66.0 Å². The van der Waals surface area contributed by atoms with Gasteiger partial charge < -0.3 is 36.1 Å². The number of hydrogen-bond acceptors (Lipinski definition) is 12. The number of ether oxygens (including phenoxy) is 2. The first-order valence-electron chi connectivity index (χ1n) is 13.5. The maximum atomic E-state index is 11.4. The molecule has 0 unspecified atom stereocenters. The third kappa shape index (κ3) is 8.11. The van der Waals surface area contributed by atoms with E-state index in [0.717, 1.165) is 46.1 Å². The summed E-state index contributed by atoms with van der Waals surface area (Å²) < 4.78 is 10.9. The summed E-state index contributed by atoms with van der Waals surface area (Å²) in [6.07, 6.45) is 0.932. The SMILES string of the molecule is CCNc1nc(NCCOCCNc2nc(NCC)c3cc(NC(C)=O)ccc3n2)nc2ccc(COC=N)cc12. The van der Waals surface area contributed by atoms with E-state index in [1.165, 1.54) is 6.92 Å². The van der Waals surface area contributed by atoms with E-state index in [1.54, 1.807) is 0 Å². The Bertz CT molecular complexity index is 1500. The van der Waals surface area contributed by atoms with E-state index in [9.17, 15) is 4.79 Å². The number of nitrogens with zero attached hydrogens (tertiary/aromatic N) is 4. The molecule has 0 radical (unpaired) electrons. The summed E-state index contributed by atoms with van der Waals surface area (Å²) in [6.45, 7) is 9.22. The Labute approximate surface area is 238 Å². The highest BCUT2D eigenvalue weighted by molar-refractivity contribution is 5.96. The van der Waals surface area contributed by atoms with Crippen LogP contribution >= 0.6 is 0 Å². The molecule has 2 aromatic carbocycles. The number of carbonyl (C=O) groups excluding carboxylic acids is 1. The lowest BCUT2D eigenvalue weighted by Gasteiger charge is -2.13. The average molecular weight is 561 g/mol. The maximum absolute atomic E-state index is 11.4. The number of fused-ring (bicyclic) bond motifs is 2. The first-order chi connectivity index (χ1) is 20.0. The van der Waals surface area contributed by atoms with Gasteiger partial charge in [-0.25, -0.2) is 9.97 Å². The van der Waals surface area contributed by atoms with Crippen LogP contribution in [0.2, 0.25) is 0 Å². The Hall–Kier alpha value is -4.78. The normalized spacial score (nSPS) is 10.8. The topological polar surface area (TPSA) is 171 Å². The summed E-state index contributed by atoms with van der Waals surface area (Å²) in [5.41, 5.74) is 3.21. The van der Waals surface area contributed by atoms with Gasteiger partial charge in [-0.2, -0.15) is 9.97 Å². The molecule has 0 bridgehead atoms. The fourth-order valence-electron chi connectivity index (χ4n) is 4.15. The second kappa shape index (κ2) is 14.6. The van der Waals surface area contributed by atoms with Crippen LogP contribution in [0.1, 0.15) is 26.3 Å². The second-order valence-electron chi connectivity index (χ2n) is 9.01. The van der Waals surface area contributed by atoms with Crippen LogP contribution in [-0.2, 0) is 20.9 Å². The van der Waals surface area contributed by atoms with Crippen LogP contribution < -0.4 is 26.6 Å². The van der Waals surface area contributed by atoms with Crippen molar-refractivity contribution in [3.8, 4) is 0 Å². The van der Waals surface area contributed by atoms with E-state index in [-0.39, 0.29) is 5.91 Å². The van der Waals surface area contributed by atoms with Crippen LogP contribution in [0.4, 0.5) is 29.2 Å². The second-order valence-corrected chi connectivity index (χ2v) is 9.01. The van der Waals surface area contributed by atoms with Crippen molar-refractivity contribution in [1.82, 2.24) is 19.9 Å². The summed E-state index contributed by atoms with van der Waals surface area (Å²) in [7, 11) is 0. The molecule has 0 spiro atoms. The van der Waals surface area contributed by atoms with Gasteiger partial charge in [0, 0.05) is 49.6 Å². The van der Waals surface area contributed by atoms with Crippen LogP contribution in [0.5, 0.6) is 0 Å². The average Bonchev–Trinajstić information content (AvgIpc) is 2.96. The van der Waals surface area contributed by atoms with Gasteiger partial charge in [-0.3, -0.25) is 10.2 Å². The monoisotopic (exact) mass is 560 g/mol. The van der Waals surface area contributed by atoms with Crippen molar-refractivity contribution in [3.05, 3.63) is 42.0 Å². The van der Waals surface area contributed by atoms with E-state index < -0.39 is 0 Å². The van der Waals surface area contributed by atoms with Gasteiger partial charge in [-0.15, -0.1) is 0 Å². The molecular weight excluding hydrogens is 524 g/mol. The molecule has 0 atom stereocenters. The van der Waals surface area contributed by atoms with Gasteiger partial charge in [0.05, 0.1) is 24.2 Å². The molecule has 4 aromatic rings. The molecule has 0 aliphatic heterocycles. The molecule has 216 valence electrons. The Kier molecular flexibility index (Phi) is 10.4. The zero-order valence-corrected chi connectivity index (χ0v) is 23.5. The van der Waals surface area contributed by atoms with Gasteiger partial charge in [0.15, 0.2) is 6.40 Å². The molecule has 4 rings (SSSR count).